The number of ether oxygens (including phenoxy) is 1. The first-order valence-corrected chi connectivity index (χ1v) is 15.5. The number of nitrogens with one attached hydrogen (secondary N) is 1. The third kappa shape index (κ3) is 6.64. The van der Waals surface area contributed by atoms with Crippen LogP contribution in [0.3, 0.4) is 0 Å². The van der Waals surface area contributed by atoms with Crippen molar-refractivity contribution < 1.29 is 17.3 Å². The Morgan fingerprint density at radius 1 is 0.975 bits per heavy atom. The Morgan fingerprint density at radius 3 is 2.15 bits per heavy atom. The normalized spacial score (nSPS) is 15.7. The van der Waals surface area contributed by atoms with Gasteiger partial charge in [-0.25, -0.2) is 5.43 Å². The lowest BCUT2D eigenvalue weighted by Gasteiger charge is -2.20. The second kappa shape index (κ2) is 12.4. The molecule has 5 rings (SSSR count). The molecule has 0 saturated carbocycles. The van der Waals surface area contributed by atoms with Gasteiger partial charge in [-0.1, -0.05) is 17.7 Å². The molecule has 2 aliphatic heterocycles. The van der Waals surface area contributed by atoms with Crippen molar-refractivity contribution in [3.8, 4) is 11.5 Å². The molecule has 40 heavy (non-hydrogen) atoms. The van der Waals surface area contributed by atoms with E-state index in [1.54, 1.807) is 30.5 Å². The number of anilines is 3. The smallest absolute Gasteiger partial charge is 0.339 e. The van der Waals surface area contributed by atoms with Crippen molar-refractivity contribution in [2.75, 3.05) is 48.0 Å². The lowest BCUT2D eigenvalue weighted by atomic mass is 10.2. The van der Waals surface area contributed by atoms with E-state index in [0.717, 1.165) is 57.4 Å². The van der Waals surface area contributed by atoms with Crippen molar-refractivity contribution >= 4 is 50.1 Å². The molecule has 0 aliphatic carbocycles. The van der Waals surface area contributed by atoms with Gasteiger partial charge >= 0.3 is 10.1 Å². The molecular weight excluding hydrogens is 598 g/mol. The van der Waals surface area contributed by atoms with Gasteiger partial charge in [0.05, 0.1) is 17.3 Å². The molecule has 1 N–H and O–H groups in total. The van der Waals surface area contributed by atoms with E-state index >= 15 is 0 Å². The van der Waals surface area contributed by atoms with Gasteiger partial charge in [-0.2, -0.15) is 28.5 Å². The summed E-state index contributed by atoms with van der Waals surface area (Å²) in [6.07, 6.45) is 6.06. The van der Waals surface area contributed by atoms with E-state index < -0.39 is 10.1 Å². The van der Waals surface area contributed by atoms with Crippen LogP contribution in [0.1, 0.15) is 43.7 Å². The molecule has 0 amide bonds. The molecule has 11 nitrogen and oxygen atoms in total. The van der Waals surface area contributed by atoms with Crippen LogP contribution in [-0.4, -0.2) is 62.4 Å². The van der Waals surface area contributed by atoms with Crippen molar-refractivity contribution in [1.82, 2.24) is 15.0 Å². The van der Waals surface area contributed by atoms with E-state index in [1.807, 2.05) is 13.8 Å². The average Bonchev–Trinajstić information content (AvgIpc) is 3.66. The molecule has 0 radical (unpaired) electrons. The predicted octanol–water partition coefficient (Wildman–Crippen LogP) is 4.76. The molecule has 0 spiro atoms. The number of aryl methyl sites for hydroxylation is 1. The first-order valence-electron chi connectivity index (χ1n) is 13.3. The maximum absolute atomic E-state index is 12.9. The maximum Gasteiger partial charge on any atom is 0.339 e. The van der Waals surface area contributed by atoms with Gasteiger partial charge in [-0.3, -0.25) is 0 Å². The Balaban J connectivity index is 1.37. The number of hydrogen-bond donors (Lipinski definition) is 1. The Morgan fingerprint density at radius 2 is 1.57 bits per heavy atom. The predicted molar refractivity (Wildman–Crippen MR) is 158 cm³/mol. The third-order valence-electron chi connectivity index (χ3n) is 6.60. The van der Waals surface area contributed by atoms with Crippen LogP contribution in [0.2, 0.25) is 0 Å². The van der Waals surface area contributed by atoms with Gasteiger partial charge in [0.1, 0.15) is 4.90 Å². The van der Waals surface area contributed by atoms with Crippen molar-refractivity contribution in [3.63, 3.8) is 0 Å². The summed E-state index contributed by atoms with van der Waals surface area (Å²) in [5.74, 6) is 2.01. The van der Waals surface area contributed by atoms with Crippen LogP contribution in [0.25, 0.3) is 0 Å². The zero-order valence-electron chi connectivity index (χ0n) is 22.5. The minimum absolute atomic E-state index is 0.0567. The largest absolute Gasteiger partial charge is 0.490 e. The van der Waals surface area contributed by atoms with E-state index in [-0.39, 0.29) is 16.4 Å². The molecule has 1 aromatic heterocycles. The van der Waals surface area contributed by atoms with E-state index in [0.29, 0.717) is 34.5 Å². The van der Waals surface area contributed by atoms with E-state index in [1.165, 1.54) is 12.1 Å². The van der Waals surface area contributed by atoms with Crippen LogP contribution < -0.4 is 24.1 Å². The molecule has 3 heterocycles. The standard InChI is InChI=1S/C27H32BrN7O4S/c1-3-38-23-17-20(16-22(28)24(23)39-40(36,37)21-10-8-19(2)9-11-21)18-29-33-25-30-26(34-12-4-5-13-34)32-27(31-25)35-14-6-7-15-35/h8-11,16-18H,3-7,12-15H2,1-2H3,(H,30,31,32,33)/b29-18+. The highest BCUT2D eigenvalue weighted by molar-refractivity contribution is 9.10. The van der Waals surface area contributed by atoms with Crippen LogP contribution in [0, 0.1) is 6.92 Å². The third-order valence-corrected chi connectivity index (χ3v) is 8.43. The summed E-state index contributed by atoms with van der Waals surface area (Å²) in [6, 6.07) is 9.82. The van der Waals surface area contributed by atoms with Gasteiger partial charge in [-0.15, -0.1) is 0 Å². The molecule has 0 atom stereocenters. The summed E-state index contributed by atoms with van der Waals surface area (Å²) < 4.78 is 37.5. The van der Waals surface area contributed by atoms with Crippen molar-refractivity contribution in [2.24, 2.45) is 5.10 Å². The van der Waals surface area contributed by atoms with Crippen molar-refractivity contribution in [1.29, 1.82) is 0 Å². The Kier molecular flexibility index (Phi) is 8.69. The number of benzene rings is 2. The highest BCUT2D eigenvalue weighted by atomic mass is 79.9. The van der Waals surface area contributed by atoms with E-state index in [2.05, 4.69) is 46.2 Å². The van der Waals surface area contributed by atoms with Gasteiger partial charge in [0.15, 0.2) is 11.5 Å². The molecule has 3 aromatic rings. The number of aromatic nitrogens is 3. The lowest BCUT2D eigenvalue weighted by Crippen LogP contribution is -2.25. The second-order valence-corrected chi connectivity index (χ2v) is 12.0. The molecule has 2 fully saturated rings. The summed E-state index contributed by atoms with van der Waals surface area (Å²) in [7, 11) is -4.07. The van der Waals surface area contributed by atoms with Crippen LogP contribution in [0.4, 0.5) is 17.8 Å². The molecule has 2 aromatic carbocycles. The number of halogens is 1. The Bertz CT molecular complexity index is 1440. The highest BCUT2D eigenvalue weighted by Gasteiger charge is 2.23. The molecule has 0 unspecified atom stereocenters. The first kappa shape index (κ1) is 28.1. The monoisotopic (exact) mass is 629 g/mol. The number of hydrazone groups is 1. The zero-order chi connectivity index (χ0) is 28.1. The van der Waals surface area contributed by atoms with Crippen molar-refractivity contribution in [3.05, 3.63) is 52.0 Å². The average molecular weight is 631 g/mol. The molecule has 0 bridgehead atoms. The van der Waals surface area contributed by atoms with Crippen LogP contribution in [0.15, 0.2) is 50.9 Å². The number of rotatable bonds is 10. The minimum atomic E-state index is -4.07. The Labute approximate surface area is 242 Å². The number of hydrogen-bond acceptors (Lipinski definition) is 11. The second-order valence-electron chi connectivity index (χ2n) is 9.63. The lowest BCUT2D eigenvalue weighted by molar-refractivity contribution is 0.327. The van der Waals surface area contributed by atoms with Gasteiger partial charge in [-0.05, 0) is 85.3 Å². The SMILES string of the molecule is CCOc1cc(/C=N/Nc2nc(N3CCCC3)nc(N3CCCC3)n2)cc(Br)c1OS(=O)(=O)c1ccc(C)cc1. The van der Waals surface area contributed by atoms with Crippen LogP contribution in [0.5, 0.6) is 11.5 Å². The fourth-order valence-electron chi connectivity index (χ4n) is 4.55. The summed E-state index contributed by atoms with van der Waals surface area (Å²) in [5.41, 5.74) is 4.54. The van der Waals surface area contributed by atoms with Gasteiger partial charge in [0.2, 0.25) is 17.8 Å². The van der Waals surface area contributed by atoms with Gasteiger partial charge in [0.25, 0.3) is 0 Å². The zero-order valence-corrected chi connectivity index (χ0v) is 24.9. The molecule has 2 aliphatic rings. The van der Waals surface area contributed by atoms with E-state index in [4.69, 9.17) is 13.9 Å². The fraction of sp³-hybridized carbons (Fsp3) is 0.407. The molecular formula is C27H32BrN7O4S. The summed E-state index contributed by atoms with van der Waals surface area (Å²) in [6.45, 7) is 7.71. The van der Waals surface area contributed by atoms with Crippen molar-refractivity contribution in [2.45, 2.75) is 44.4 Å². The topological polar surface area (TPSA) is 122 Å². The van der Waals surface area contributed by atoms with Gasteiger partial charge < -0.3 is 18.7 Å². The van der Waals surface area contributed by atoms with Crippen LogP contribution >= 0.6 is 15.9 Å². The quantitative estimate of drug-likeness (QED) is 0.191. The Hall–Kier alpha value is -3.45. The summed E-state index contributed by atoms with van der Waals surface area (Å²) >= 11 is 3.44. The molecule has 212 valence electrons. The summed E-state index contributed by atoms with van der Waals surface area (Å²) in [4.78, 5) is 18.3. The molecule has 13 heteroatoms. The fourth-order valence-corrected chi connectivity index (χ4v) is 6.16. The summed E-state index contributed by atoms with van der Waals surface area (Å²) in [5, 5.41) is 4.35. The van der Waals surface area contributed by atoms with Crippen LogP contribution in [-0.2, 0) is 10.1 Å². The minimum Gasteiger partial charge on any atom is -0.490 e. The number of nitrogens with zero attached hydrogens (tertiary/aromatic N) is 6. The van der Waals surface area contributed by atoms with E-state index in [9.17, 15) is 8.42 Å². The maximum atomic E-state index is 12.9. The highest BCUT2D eigenvalue weighted by Crippen LogP contribution is 2.38. The first-order chi connectivity index (χ1) is 19.3. The van der Waals surface area contributed by atoms with Gasteiger partial charge in [0, 0.05) is 26.2 Å². The molecule has 2 saturated heterocycles.